The topological polar surface area (TPSA) is 39.2 Å². The maximum atomic E-state index is 12.1. The van der Waals surface area contributed by atoms with Crippen molar-refractivity contribution in [2.75, 3.05) is 0 Å². The van der Waals surface area contributed by atoms with Crippen molar-refractivity contribution in [2.24, 2.45) is 0 Å². The monoisotopic (exact) mass is 309 g/mol. The Morgan fingerprint density at radius 2 is 1.82 bits per heavy atom. The zero-order valence-corrected chi connectivity index (χ0v) is 11.9. The van der Waals surface area contributed by atoms with E-state index >= 15 is 0 Å². The van der Waals surface area contributed by atoms with Crippen molar-refractivity contribution in [1.29, 1.82) is 0 Å². The molecule has 1 aromatic carbocycles. The minimum atomic E-state index is -4.71. The summed E-state index contributed by atoms with van der Waals surface area (Å²) in [4.78, 5) is 15.9. The van der Waals surface area contributed by atoms with Crippen LogP contribution in [-0.4, -0.2) is 17.1 Å². The van der Waals surface area contributed by atoms with Crippen molar-refractivity contribution in [3.05, 3.63) is 48.3 Å². The molecule has 1 heterocycles. The molecule has 0 aliphatic heterocycles. The molecule has 0 bridgehead atoms. The summed E-state index contributed by atoms with van der Waals surface area (Å²) in [7, 11) is 0. The van der Waals surface area contributed by atoms with Gasteiger partial charge in [0.15, 0.2) is 5.78 Å². The Morgan fingerprint density at radius 1 is 1.14 bits per heavy atom. The van der Waals surface area contributed by atoms with Crippen molar-refractivity contribution in [3.63, 3.8) is 0 Å². The summed E-state index contributed by atoms with van der Waals surface area (Å²) in [5.74, 6) is -0.295. The van der Waals surface area contributed by atoms with Crippen LogP contribution in [0.3, 0.4) is 0 Å². The zero-order chi connectivity index (χ0) is 16.2. The second-order valence-corrected chi connectivity index (χ2v) is 4.71. The number of halogens is 3. The number of carbonyl (C=O) groups is 1. The van der Waals surface area contributed by atoms with Gasteiger partial charge in [-0.2, -0.15) is 0 Å². The van der Waals surface area contributed by atoms with Crippen LogP contribution in [0.2, 0.25) is 0 Å². The Balaban J connectivity index is 2.21. The van der Waals surface area contributed by atoms with Gasteiger partial charge in [-0.25, -0.2) is 0 Å². The molecule has 0 aliphatic carbocycles. The maximum Gasteiger partial charge on any atom is 0.573 e. The van der Waals surface area contributed by atoms with Crippen LogP contribution in [0.5, 0.6) is 5.75 Å². The SMILES string of the molecule is CCCC(=O)c1cncc(-c2ccc(OC(F)(F)F)cc2)c1. The van der Waals surface area contributed by atoms with E-state index in [1.165, 1.54) is 30.5 Å². The summed E-state index contributed by atoms with van der Waals surface area (Å²) in [6, 6.07) is 7.12. The minimum absolute atomic E-state index is 0.00567. The molecule has 0 saturated carbocycles. The normalized spacial score (nSPS) is 11.3. The molecule has 6 heteroatoms. The molecule has 0 amide bonds. The van der Waals surface area contributed by atoms with Gasteiger partial charge in [-0.1, -0.05) is 19.1 Å². The highest BCUT2D eigenvalue weighted by Gasteiger charge is 2.30. The average Bonchev–Trinajstić information content (AvgIpc) is 2.47. The first-order valence-corrected chi connectivity index (χ1v) is 6.73. The number of hydrogen-bond donors (Lipinski definition) is 0. The molecule has 0 N–H and O–H groups in total. The quantitative estimate of drug-likeness (QED) is 0.756. The molecular weight excluding hydrogens is 295 g/mol. The van der Waals surface area contributed by atoms with Gasteiger partial charge in [0.1, 0.15) is 5.75 Å². The molecule has 22 heavy (non-hydrogen) atoms. The van der Waals surface area contributed by atoms with E-state index in [0.717, 1.165) is 6.42 Å². The first kappa shape index (κ1) is 16.0. The fraction of sp³-hybridized carbons (Fsp3) is 0.250. The number of carbonyl (C=O) groups excluding carboxylic acids is 1. The van der Waals surface area contributed by atoms with E-state index in [-0.39, 0.29) is 11.5 Å². The number of pyridine rings is 1. The molecule has 0 spiro atoms. The number of alkyl halides is 3. The number of rotatable bonds is 5. The molecule has 0 aliphatic rings. The van der Waals surface area contributed by atoms with Crippen LogP contribution < -0.4 is 4.74 Å². The summed E-state index contributed by atoms with van der Waals surface area (Å²) in [6.07, 6.45) is -0.490. The molecule has 0 fully saturated rings. The lowest BCUT2D eigenvalue weighted by molar-refractivity contribution is -0.274. The molecule has 2 rings (SSSR count). The molecular formula is C16H14F3NO2. The van der Waals surface area contributed by atoms with Gasteiger partial charge >= 0.3 is 6.36 Å². The van der Waals surface area contributed by atoms with Crippen LogP contribution in [0.25, 0.3) is 11.1 Å². The highest BCUT2D eigenvalue weighted by Crippen LogP contribution is 2.26. The first-order chi connectivity index (χ1) is 10.4. The lowest BCUT2D eigenvalue weighted by Gasteiger charge is -2.09. The third kappa shape index (κ3) is 4.31. The number of ketones is 1. The highest BCUT2D eigenvalue weighted by atomic mass is 19.4. The maximum absolute atomic E-state index is 12.1. The first-order valence-electron chi connectivity index (χ1n) is 6.73. The van der Waals surface area contributed by atoms with E-state index in [9.17, 15) is 18.0 Å². The minimum Gasteiger partial charge on any atom is -0.406 e. The molecule has 0 saturated heterocycles. The average molecular weight is 309 g/mol. The summed E-state index contributed by atoms with van der Waals surface area (Å²) in [6.45, 7) is 1.91. The van der Waals surface area contributed by atoms with E-state index in [1.54, 1.807) is 12.3 Å². The summed E-state index contributed by atoms with van der Waals surface area (Å²) >= 11 is 0. The van der Waals surface area contributed by atoms with E-state index in [4.69, 9.17) is 0 Å². The Kier molecular flexibility index (Phi) is 4.80. The number of Topliss-reactive ketones (excluding diaryl/α,β-unsaturated/α-hetero) is 1. The molecule has 0 atom stereocenters. The van der Waals surface area contributed by atoms with Gasteiger partial charge in [0.05, 0.1) is 0 Å². The molecule has 0 unspecified atom stereocenters. The Labute approximate surface area is 125 Å². The van der Waals surface area contributed by atoms with Crippen LogP contribution >= 0.6 is 0 Å². The fourth-order valence-electron chi connectivity index (χ4n) is 1.97. The van der Waals surface area contributed by atoms with Gasteiger partial charge in [0.25, 0.3) is 0 Å². The number of aromatic nitrogens is 1. The van der Waals surface area contributed by atoms with Crippen molar-refractivity contribution >= 4 is 5.78 Å². The van der Waals surface area contributed by atoms with Gasteiger partial charge in [-0.15, -0.1) is 13.2 Å². The van der Waals surface area contributed by atoms with Crippen LogP contribution in [0.15, 0.2) is 42.7 Å². The number of nitrogens with zero attached hydrogens (tertiary/aromatic N) is 1. The Morgan fingerprint density at radius 3 is 2.41 bits per heavy atom. The smallest absolute Gasteiger partial charge is 0.406 e. The standard InChI is InChI=1S/C16H14F3NO2/c1-2-3-15(21)13-8-12(9-20-10-13)11-4-6-14(7-5-11)22-16(17,18)19/h4-10H,2-3H2,1H3. The van der Waals surface area contributed by atoms with Crippen molar-refractivity contribution in [3.8, 4) is 16.9 Å². The van der Waals surface area contributed by atoms with Gasteiger partial charge < -0.3 is 4.74 Å². The second-order valence-electron chi connectivity index (χ2n) is 4.71. The third-order valence-electron chi connectivity index (χ3n) is 2.96. The number of benzene rings is 1. The largest absolute Gasteiger partial charge is 0.573 e. The van der Waals surface area contributed by atoms with E-state index in [2.05, 4.69) is 9.72 Å². The Hall–Kier alpha value is -2.37. The zero-order valence-electron chi connectivity index (χ0n) is 11.9. The van der Waals surface area contributed by atoms with Gasteiger partial charge in [-0.3, -0.25) is 9.78 Å². The highest BCUT2D eigenvalue weighted by molar-refractivity contribution is 5.96. The Bertz CT molecular complexity index is 651. The molecule has 0 radical (unpaired) electrons. The predicted molar refractivity (Wildman–Crippen MR) is 75.6 cm³/mol. The lowest BCUT2D eigenvalue weighted by Crippen LogP contribution is -2.16. The summed E-state index contributed by atoms with van der Waals surface area (Å²) < 4.78 is 40.1. The van der Waals surface area contributed by atoms with Gasteiger partial charge in [0.2, 0.25) is 0 Å². The lowest BCUT2D eigenvalue weighted by atomic mass is 10.0. The van der Waals surface area contributed by atoms with E-state index < -0.39 is 6.36 Å². The number of hydrogen-bond acceptors (Lipinski definition) is 3. The van der Waals surface area contributed by atoms with Crippen LogP contribution in [0.4, 0.5) is 13.2 Å². The van der Waals surface area contributed by atoms with Gasteiger partial charge in [0, 0.05) is 29.9 Å². The molecule has 1 aromatic heterocycles. The second kappa shape index (κ2) is 6.60. The summed E-state index contributed by atoms with van der Waals surface area (Å²) in [5.41, 5.74) is 1.82. The number of ether oxygens (including phenoxy) is 1. The summed E-state index contributed by atoms with van der Waals surface area (Å²) in [5, 5.41) is 0. The van der Waals surface area contributed by atoms with Crippen molar-refractivity contribution in [1.82, 2.24) is 4.98 Å². The molecule has 116 valence electrons. The van der Waals surface area contributed by atoms with Crippen molar-refractivity contribution < 1.29 is 22.7 Å². The van der Waals surface area contributed by atoms with E-state index in [1.807, 2.05) is 6.92 Å². The molecule has 2 aromatic rings. The molecule has 3 nitrogen and oxygen atoms in total. The van der Waals surface area contributed by atoms with Crippen LogP contribution in [0.1, 0.15) is 30.1 Å². The van der Waals surface area contributed by atoms with E-state index in [0.29, 0.717) is 23.1 Å². The third-order valence-corrected chi connectivity index (χ3v) is 2.96. The predicted octanol–water partition coefficient (Wildman–Crippen LogP) is 4.63. The van der Waals surface area contributed by atoms with Crippen LogP contribution in [0, 0.1) is 0 Å². The fourth-order valence-corrected chi connectivity index (χ4v) is 1.97. The van der Waals surface area contributed by atoms with Crippen LogP contribution in [-0.2, 0) is 0 Å². The van der Waals surface area contributed by atoms with Gasteiger partial charge in [-0.05, 0) is 30.2 Å². The van der Waals surface area contributed by atoms with Crippen molar-refractivity contribution in [2.45, 2.75) is 26.1 Å².